The summed E-state index contributed by atoms with van der Waals surface area (Å²) >= 11 is 0. The van der Waals surface area contributed by atoms with Crippen LogP contribution < -0.4 is 38.9 Å². The monoisotopic (exact) mass is 582 g/mol. The number of guanidine groups is 2. The number of nitrogens with one attached hydrogen (secondary N) is 3. The first-order valence-electron chi connectivity index (χ1n) is 15.3. The van der Waals surface area contributed by atoms with Crippen molar-refractivity contribution in [2.24, 2.45) is 38.8 Å². The van der Waals surface area contributed by atoms with Gasteiger partial charge >= 0.3 is 0 Å². The molecule has 0 rings (SSSR count). The highest BCUT2D eigenvalue weighted by Crippen LogP contribution is 2.14. The zero-order valence-corrected chi connectivity index (χ0v) is 25.6. The second-order valence-corrected chi connectivity index (χ2v) is 10.5. The van der Waals surface area contributed by atoms with Crippen LogP contribution in [-0.4, -0.2) is 86.9 Å². The summed E-state index contributed by atoms with van der Waals surface area (Å²) in [7, 11) is 0. The summed E-state index contributed by atoms with van der Waals surface area (Å²) in [6.45, 7) is 9.00. The van der Waals surface area contributed by atoms with Crippen LogP contribution in [0.5, 0.6) is 0 Å². The molecule has 0 saturated carbocycles. The second kappa shape index (κ2) is 25.8. The van der Waals surface area contributed by atoms with Crippen molar-refractivity contribution in [3.8, 4) is 0 Å². The fourth-order valence-corrected chi connectivity index (χ4v) is 4.13. The van der Waals surface area contributed by atoms with Crippen LogP contribution in [0.1, 0.15) is 90.9 Å². The minimum atomic E-state index is -0.151. The third-order valence-electron chi connectivity index (χ3n) is 6.55. The first-order valence-corrected chi connectivity index (χ1v) is 15.3. The summed E-state index contributed by atoms with van der Waals surface area (Å²) in [5, 5.41) is 9.18. The van der Waals surface area contributed by atoms with Gasteiger partial charge in [0.2, 0.25) is 17.7 Å². The van der Waals surface area contributed by atoms with E-state index in [9.17, 15) is 14.4 Å². The van der Waals surface area contributed by atoms with Crippen molar-refractivity contribution >= 4 is 29.6 Å². The van der Waals surface area contributed by atoms with Gasteiger partial charge in [0.25, 0.3) is 0 Å². The minimum absolute atomic E-state index is 0.0137. The number of unbranched alkanes of at least 4 members (excludes halogenated alkanes) is 2. The molecule has 11 N–H and O–H groups in total. The summed E-state index contributed by atoms with van der Waals surface area (Å²) in [5.74, 6) is 0.505. The van der Waals surface area contributed by atoms with E-state index in [-0.39, 0.29) is 42.5 Å². The van der Waals surface area contributed by atoms with Crippen LogP contribution in [-0.2, 0) is 14.4 Å². The molecule has 13 heteroatoms. The summed E-state index contributed by atoms with van der Waals surface area (Å²) < 4.78 is 0. The van der Waals surface area contributed by atoms with Gasteiger partial charge in [0.1, 0.15) is 0 Å². The lowest BCUT2D eigenvalue weighted by molar-refractivity contribution is -0.133. The van der Waals surface area contributed by atoms with Crippen molar-refractivity contribution in [2.45, 2.75) is 90.9 Å². The molecule has 13 nitrogen and oxygen atoms in total. The van der Waals surface area contributed by atoms with E-state index in [0.717, 1.165) is 32.4 Å². The Morgan fingerprint density at radius 1 is 0.683 bits per heavy atom. The van der Waals surface area contributed by atoms with Gasteiger partial charge in [-0.2, -0.15) is 0 Å². The zero-order valence-electron chi connectivity index (χ0n) is 25.6. The Labute approximate surface area is 247 Å². The van der Waals surface area contributed by atoms with Crippen LogP contribution in [0, 0.1) is 5.92 Å². The molecule has 0 aliphatic rings. The van der Waals surface area contributed by atoms with Gasteiger partial charge in [-0.3, -0.25) is 24.4 Å². The Morgan fingerprint density at radius 2 is 1.22 bits per heavy atom. The Hall–Kier alpha value is -3.09. The van der Waals surface area contributed by atoms with E-state index in [1.54, 1.807) is 4.90 Å². The van der Waals surface area contributed by atoms with E-state index in [0.29, 0.717) is 64.4 Å². The van der Waals surface area contributed by atoms with Gasteiger partial charge < -0.3 is 43.8 Å². The molecule has 0 aromatic heterocycles. The average molecular weight is 583 g/mol. The topological polar surface area (TPSA) is 219 Å². The first-order chi connectivity index (χ1) is 19.6. The molecule has 0 aliphatic heterocycles. The number of hydrogen-bond donors (Lipinski definition) is 7. The summed E-state index contributed by atoms with van der Waals surface area (Å²) in [6.07, 6.45) is 9.61. The molecule has 0 aromatic carbocycles. The lowest BCUT2D eigenvalue weighted by Crippen LogP contribution is -2.35. The van der Waals surface area contributed by atoms with Gasteiger partial charge in [0.05, 0.1) is 0 Å². The first kappa shape index (κ1) is 37.9. The summed E-state index contributed by atoms with van der Waals surface area (Å²) in [6, 6.07) is 0. The molecule has 0 heterocycles. The van der Waals surface area contributed by atoms with E-state index in [1.165, 1.54) is 25.7 Å². The zero-order chi connectivity index (χ0) is 30.7. The van der Waals surface area contributed by atoms with E-state index >= 15 is 0 Å². The third-order valence-corrected chi connectivity index (χ3v) is 6.55. The highest BCUT2D eigenvalue weighted by Gasteiger charge is 2.15. The third kappa shape index (κ3) is 25.6. The highest BCUT2D eigenvalue weighted by molar-refractivity contribution is 5.83. The molecule has 0 aliphatic carbocycles. The lowest BCUT2D eigenvalue weighted by atomic mass is 9.98. The second-order valence-electron chi connectivity index (χ2n) is 10.5. The predicted molar refractivity (Wildman–Crippen MR) is 167 cm³/mol. The van der Waals surface area contributed by atoms with Crippen LogP contribution in [0.25, 0.3) is 0 Å². The molecule has 0 aromatic rings. The largest absolute Gasteiger partial charge is 0.370 e. The maximum Gasteiger partial charge on any atom is 0.223 e. The standard InChI is InChI=1S/C28H58N10O3/c1-3-4-5-10-23(2)11-12-24(39)34-17-6-15-33-16-7-18-35-25(40)13-14-26(41)38(21-8-19-36-27(29)30)22-9-20-37-28(31)32/h23,33H,3-22H2,1-2H3,(H,34,39)(H,35,40)(H4,29,30,36)(H4,31,32,37). The molecule has 3 amide bonds. The van der Waals surface area contributed by atoms with Gasteiger partial charge in [-0.05, 0) is 51.1 Å². The van der Waals surface area contributed by atoms with Gasteiger partial charge in [0.15, 0.2) is 11.9 Å². The molecule has 0 fully saturated rings. The maximum atomic E-state index is 12.7. The number of carbonyl (C=O) groups is 3. The fourth-order valence-electron chi connectivity index (χ4n) is 4.13. The van der Waals surface area contributed by atoms with Gasteiger partial charge in [-0.15, -0.1) is 0 Å². The number of nitrogens with zero attached hydrogens (tertiary/aromatic N) is 3. The van der Waals surface area contributed by atoms with Crippen LogP contribution in [0.15, 0.2) is 9.98 Å². The van der Waals surface area contributed by atoms with Crippen molar-refractivity contribution in [1.82, 2.24) is 20.9 Å². The maximum absolute atomic E-state index is 12.7. The molecular formula is C28H58N10O3. The quantitative estimate of drug-likeness (QED) is 0.0432. The van der Waals surface area contributed by atoms with Crippen LogP contribution >= 0.6 is 0 Å². The van der Waals surface area contributed by atoms with Crippen molar-refractivity contribution in [3.63, 3.8) is 0 Å². The Kier molecular flexibility index (Phi) is 23.9. The Bertz CT molecular complexity index is 744. The van der Waals surface area contributed by atoms with Crippen LogP contribution in [0.2, 0.25) is 0 Å². The normalized spacial score (nSPS) is 11.4. The van der Waals surface area contributed by atoms with E-state index in [1.807, 2.05) is 0 Å². The van der Waals surface area contributed by atoms with Gasteiger partial charge in [-0.25, -0.2) is 0 Å². The molecule has 0 saturated heterocycles. The lowest BCUT2D eigenvalue weighted by Gasteiger charge is -2.22. The molecule has 238 valence electrons. The highest BCUT2D eigenvalue weighted by atomic mass is 16.2. The molecule has 0 bridgehead atoms. The van der Waals surface area contributed by atoms with E-state index in [4.69, 9.17) is 22.9 Å². The van der Waals surface area contributed by atoms with Crippen LogP contribution in [0.3, 0.4) is 0 Å². The number of carbonyl (C=O) groups excluding carboxylic acids is 3. The Morgan fingerprint density at radius 3 is 1.73 bits per heavy atom. The number of amides is 3. The molecule has 1 unspecified atom stereocenters. The fraction of sp³-hybridized carbons (Fsp3) is 0.821. The van der Waals surface area contributed by atoms with Gasteiger partial charge in [-0.1, -0.05) is 39.5 Å². The molecule has 41 heavy (non-hydrogen) atoms. The number of aliphatic imine (C=N–C) groups is 2. The molecule has 0 radical (unpaired) electrons. The molecular weight excluding hydrogens is 524 g/mol. The Balaban J connectivity index is 3.97. The van der Waals surface area contributed by atoms with Crippen LogP contribution in [0.4, 0.5) is 0 Å². The number of rotatable bonds is 26. The summed E-state index contributed by atoms with van der Waals surface area (Å²) in [4.78, 5) is 46.5. The number of nitrogens with two attached hydrogens (primary N) is 4. The van der Waals surface area contributed by atoms with Crippen molar-refractivity contribution in [2.75, 3.05) is 52.4 Å². The van der Waals surface area contributed by atoms with Crippen molar-refractivity contribution in [3.05, 3.63) is 0 Å². The average Bonchev–Trinajstić information content (AvgIpc) is 2.92. The number of hydrogen-bond acceptors (Lipinski definition) is 6. The predicted octanol–water partition coefficient (Wildman–Crippen LogP) is 0.521. The summed E-state index contributed by atoms with van der Waals surface area (Å²) in [5.41, 5.74) is 21.4. The van der Waals surface area contributed by atoms with Gasteiger partial charge in [0, 0.05) is 58.5 Å². The molecule has 1 atom stereocenters. The van der Waals surface area contributed by atoms with Crippen molar-refractivity contribution < 1.29 is 14.4 Å². The SMILES string of the molecule is CCCCCC(C)CCC(=O)NCCCNCCCNC(=O)CCC(=O)N(CCCN=C(N)N)CCCN=C(N)N. The minimum Gasteiger partial charge on any atom is -0.370 e. The van der Waals surface area contributed by atoms with E-state index < -0.39 is 0 Å². The van der Waals surface area contributed by atoms with E-state index in [2.05, 4.69) is 39.8 Å². The van der Waals surface area contributed by atoms with Crippen molar-refractivity contribution in [1.29, 1.82) is 0 Å². The molecule has 0 spiro atoms. The smallest absolute Gasteiger partial charge is 0.223 e.